The van der Waals surface area contributed by atoms with E-state index in [2.05, 4.69) is 5.32 Å². The van der Waals surface area contributed by atoms with E-state index in [-0.39, 0.29) is 5.91 Å². The lowest BCUT2D eigenvalue weighted by Gasteiger charge is -2.06. The first-order valence-electron chi connectivity index (χ1n) is 4.15. The van der Waals surface area contributed by atoms with Crippen LogP contribution in [0, 0.1) is 0 Å². The summed E-state index contributed by atoms with van der Waals surface area (Å²) in [4.78, 5) is 10.7. The molecule has 0 heterocycles. The third kappa shape index (κ3) is 2.87. The van der Waals surface area contributed by atoms with E-state index in [4.69, 9.17) is 0 Å². The van der Waals surface area contributed by atoms with Gasteiger partial charge in [0.15, 0.2) is 0 Å². The normalized spacial score (nSPS) is 12.2. The van der Waals surface area contributed by atoms with Gasteiger partial charge >= 0.3 is 0 Å². The van der Waals surface area contributed by atoms with E-state index in [1.807, 2.05) is 0 Å². The second kappa shape index (κ2) is 4.05. The maximum Gasteiger partial charge on any atom is 0.221 e. The molecule has 0 spiro atoms. The lowest BCUT2D eigenvalue weighted by molar-refractivity contribution is -0.114. The van der Waals surface area contributed by atoms with Crippen LogP contribution in [0.1, 0.15) is 25.5 Å². The topological polar surface area (TPSA) is 49.3 Å². The summed E-state index contributed by atoms with van der Waals surface area (Å²) in [5.74, 6) is -0.0928. The molecule has 3 nitrogen and oxygen atoms in total. The Morgan fingerprint density at radius 1 is 1.38 bits per heavy atom. The van der Waals surface area contributed by atoms with Gasteiger partial charge in [-0.15, -0.1) is 0 Å². The molecule has 1 rings (SSSR count). The molecule has 0 radical (unpaired) electrons. The van der Waals surface area contributed by atoms with Crippen LogP contribution in [0.15, 0.2) is 24.3 Å². The third-order valence-corrected chi connectivity index (χ3v) is 1.71. The minimum absolute atomic E-state index is 0.0928. The van der Waals surface area contributed by atoms with E-state index in [1.54, 1.807) is 31.2 Å². The molecular formula is C10H13NO2. The molecule has 0 aliphatic heterocycles. The van der Waals surface area contributed by atoms with E-state index >= 15 is 0 Å². The number of hydrogen-bond donors (Lipinski definition) is 2. The van der Waals surface area contributed by atoms with Crippen molar-refractivity contribution in [3.05, 3.63) is 29.8 Å². The predicted octanol–water partition coefficient (Wildman–Crippen LogP) is 1.70. The van der Waals surface area contributed by atoms with Crippen LogP contribution >= 0.6 is 0 Å². The Hall–Kier alpha value is -1.35. The van der Waals surface area contributed by atoms with Gasteiger partial charge in [0.2, 0.25) is 5.91 Å². The minimum Gasteiger partial charge on any atom is -0.389 e. The Kier molecular flexibility index (Phi) is 3.03. The molecule has 0 saturated heterocycles. The van der Waals surface area contributed by atoms with E-state index in [1.165, 1.54) is 6.92 Å². The van der Waals surface area contributed by atoms with Crippen molar-refractivity contribution in [3.8, 4) is 0 Å². The number of anilines is 1. The van der Waals surface area contributed by atoms with Gasteiger partial charge in [-0.05, 0) is 24.6 Å². The first-order chi connectivity index (χ1) is 6.09. The van der Waals surface area contributed by atoms with E-state index in [0.717, 1.165) is 11.3 Å². The Bertz CT molecular complexity index is 290. The number of rotatable bonds is 2. The Morgan fingerprint density at radius 3 is 2.31 bits per heavy atom. The van der Waals surface area contributed by atoms with Crippen LogP contribution in [0.2, 0.25) is 0 Å². The Labute approximate surface area is 77.4 Å². The summed E-state index contributed by atoms with van der Waals surface area (Å²) in [5, 5.41) is 11.9. The second-order valence-electron chi connectivity index (χ2n) is 2.98. The molecule has 2 N–H and O–H groups in total. The SMILES string of the molecule is CC(=O)Nc1ccc([C@@H](C)O)cc1. The van der Waals surface area contributed by atoms with Crippen molar-refractivity contribution in [2.45, 2.75) is 20.0 Å². The average Bonchev–Trinajstić information content (AvgIpc) is 2.04. The number of carbonyl (C=O) groups excluding carboxylic acids is 1. The van der Waals surface area contributed by atoms with Crippen molar-refractivity contribution < 1.29 is 9.90 Å². The van der Waals surface area contributed by atoms with Crippen LogP contribution in [0.3, 0.4) is 0 Å². The standard InChI is InChI=1S/C10H13NO2/c1-7(12)9-3-5-10(6-4-9)11-8(2)13/h3-7,12H,1-2H3,(H,11,13)/t7-/m1/s1. The minimum atomic E-state index is -0.466. The fraction of sp³-hybridized carbons (Fsp3) is 0.300. The van der Waals surface area contributed by atoms with Crippen molar-refractivity contribution in [1.29, 1.82) is 0 Å². The van der Waals surface area contributed by atoms with Gasteiger partial charge in [0.1, 0.15) is 0 Å². The molecule has 0 aromatic heterocycles. The van der Waals surface area contributed by atoms with Crippen LogP contribution < -0.4 is 5.32 Å². The zero-order chi connectivity index (χ0) is 9.84. The van der Waals surface area contributed by atoms with Gasteiger partial charge in [-0.2, -0.15) is 0 Å². The van der Waals surface area contributed by atoms with Crippen LogP contribution in [-0.2, 0) is 4.79 Å². The molecule has 0 aliphatic rings. The van der Waals surface area contributed by atoms with Crippen molar-refractivity contribution in [2.24, 2.45) is 0 Å². The lowest BCUT2D eigenvalue weighted by atomic mass is 10.1. The summed E-state index contributed by atoms with van der Waals surface area (Å²) >= 11 is 0. The van der Waals surface area contributed by atoms with Gasteiger partial charge in [0.25, 0.3) is 0 Å². The highest BCUT2D eigenvalue weighted by Gasteiger charge is 2.00. The fourth-order valence-corrected chi connectivity index (χ4v) is 1.05. The van der Waals surface area contributed by atoms with Crippen LogP contribution in [0.5, 0.6) is 0 Å². The van der Waals surface area contributed by atoms with Gasteiger partial charge in [0.05, 0.1) is 6.10 Å². The van der Waals surface area contributed by atoms with Crippen molar-refractivity contribution >= 4 is 11.6 Å². The summed E-state index contributed by atoms with van der Waals surface area (Å²) in [6.07, 6.45) is -0.466. The van der Waals surface area contributed by atoms with Gasteiger partial charge < -0.3 is 10.4 Å². The maximum absolute atomic E-state index is 10.7. The molecule has 1 aromatic carbocycles. The molecule has 0 fully saturated rings. The van der Waals surface area contributed by atoms with Crippen LogP contribution in [0.25, 0.3) is 0 Å². The van der Waals surface area contributed by atoms with Crippen molar-refractivity contribution in [2.75, 3.05) is 5.32 Å². The Morgan fingerprint density at radius 2 is 1.92 bits per heavy atom. The molecule has 0 unspecified atom stereocenters. The first-order valence-corrected chi connectivity index (χ1v) is 4.15. The number of aliphatic hydroxyl groups is 1. The number of nitrogens with one attached hydrogen (secondary N) is 1. The highest BCUT2D eigenvalue weighted by atomic mass is 16.3. The fourth-order valence-electron chi connectivity index (χ4n) is 1.05. The number of hydrogen-bond acceptors (Lipinski definition) is 2. The number of aliphatic hydroxyl groups excluding tert-OH is 1. The highest BCUT2D eigenvalue weighted by Crippen LogP contribution is 2.15. The van der Waals surface area contributed by atoms with Gasteiger partial charge in [-0.1, -0.05) is 12.1 Å². The second-order valence-corrected chi connectivity index (χ2v) is 2.98. The predicted molar refractivity (Wildman–Crippen MR) is 51.4 cm³/mol. The molecule has 1 amide bonds. The van der Waals surface area contributed by atoms with Gasteiger partial charge in [-0.3, -0.25) is 4.79 Å². The van der Waals surface area contributed by atoms with Crippen molar-refractivity contribution in [1.82, 2.24) is 0 Å². The molecule has 1 aromatic rings. The molecule has 1 atom stereocenters. The quantitative estimate of drug-likeness (QED) is 0.726. The molecule has 0 aliphatic carbocycles. The highest BCUT2D eigenvalue weighted by molar-refractivity contribution is 5.88. The summed E-state index contributed by atoms with van der Waals surface area (Å²) in [5.41, 5.74) is 1.59. The van der Waals surface area contributed by atoms with Gasteiger partial charge in [-0.25, -0.2) is 0 Å². The maximum atomic E-state index is 10.7. The van der Waals surface area contributed by atoms with E-state index < -0.39 is 6.10 Å². The average molecular weight is 179 g/mol. The van der Waals surface area contributed by atoms with Crippen molar-refractivity contribution in [3.63, 3.8) is 0 Å². The molecule has 3 heteroatoms. The number of amides is 1. The summed E-state index contributed by atoms with van der Waals surface area (Å²) in [7, 11) is 0. The smallest absolute Gasteiger partial charge is 0.221 e. The molecular weight excluding hydrogens is 166 g/mol. The molecule has 0 saturated carbocycles. The summed E-state index contributed by atoms with van der Waals surface area (Å²) in [6, 6.07) is 7.11. The van der Waals surface area contributed by atoms with Gasteiger partial charge in [0, 0.05) is 12.6 Å². The van der Waals surface area contributed by atoms with Crippen LogP contribution in [0.4, 0.5) is 5.69 Å². The molecule has 13 heavy (non-hydrogen) atoms. The lowest BCUT2D eigenvalue weighted by Crippen LogP contribution is -2.05. The molecule has 0 bridgehead atoms. The van der Waals surface area contributed by atoms with E-state index in [9.17, 15) is 9.90 Å². The number of carbonyl (C=O) groups is 1. The Balaban J connectivity index is 2.75. The number of benzene rings is 1. The summed E-state index contributed by atoms with van der Waals surface area (Å²) < 4.78 is 0. The summed E-state index contributed by atoms with van der Waals surface area (Å²) in [6.45, 7) is 3.16. The zero-order valence-corrected chi connectivity index (χ0v) is 7.74. The monoisotopic (exact) mass is 179 g/mol. The zero-order valence-electron chi connectivity index (χ0n) is 7.74. The first kappa shape index (κ1) is 9.74. The third-order valence-electron chi connectivity index (χ3n) is 1.71. The largest absolute Gasteiger partial charge is 0.389 e. The van der Waals surface area contributed by atoms with Crippen LogP contribution in [-0.4, -0.2) is 11.0 Å². The molecule has 70 valence electrons. The van der Waals surface area contributed by atoms with E-state index in [0.29, 0.717) is 0 Å².